The third kappa shape index (κ3) is 7.55. The Kier molecular flexibility index (Phi) is 10.1. The number of hydrogen-bond donors (Lipinski definition) is 1. The Bertz CT molecular complexity index is 1260. The van der Waals surface area contributed by atoms with E-state index in [1.165, 1.54) is 7.11 Å². The number of methoxy groups -OCH3 is 1. The highest BCUT2D eigenvalue weighted by atomic mass is 79.9. The third-order valence-electron chi connectivity index (χ3n) is 8.52. The van der Waals surface area contributed by atoms with Crippen LogP contribution >= 0.6 is 15.9 Å². The van der Waals surface area contributed by atoms with Gasteiger partial charge in [-0.25, -0.2) is 4.79 Å². The third-order valence-corrected chi connectivity index (χ3v) is 8.84. The van der Waals surface area contributed by atoms with Gasteiger partial charge in [0, 0.05) is 42.1 Å². The maximum atomic E-state index is 13.1. The molecule has 0 saturated carbocycles. The Morgan fingerprint density at radius 1 is 0.907 bits per heavy atom. The molecule has 0 spiro atoms. The van der Waals surface area contributed by atoms with Crippen LogP contribution in [0.5, 0.6) is 0 Å². The average Bonchev–Trinajstić information content (AvgIpc) is 3.65. The predicted octanol–water partition coefficient (Wildman–Crippen LogP) is 2.89. The van der Waals surface area contributed by atoms with Gasteiger partial charge in [0.05, 0.1) is 36.1 Å². The topological polar surface area (TPSA) is 136 Å². The second-order valence-electron chi connectivity index (χ2n) is 13.6. The first-order valence-electron chi connectivity index (χ1n) is 14.3. The second kappa shape index (κ2) is 12.3. The number of halogens is 1. The number of nitrogens with one attached hydrogen (secondary N) is 1. The lowest BCUT2D eigenvalue weighted by Gasteiger charge is -2.36. The van der Waals surface area contributed by atoms with Gasteiger partial charge < -0.3 is 28.1 Å². The fraction of sp³-hybridized carbons (Fsp3) is 0.714. The largest absolute Gasteiger partial charge is 0.498 e. The summed E-state index contributed by atoms with van der Waals surface area (Å²) in [5.41, 5.74) is -1.62. The Balaban J connectivity index is 0.000000557. The quantitative estimate of drug-likeness (QED) is 0.255. The van der Waals surface area contributed by atoms with Crippen molar-refractivity contribution in [2.75, 3.05) is 13.7 Å². The van der Waals surface area contributed by atoms with Gasteiger partial charge in [-0.05, 0) is 76.2 Å². The van der Waals surface area contributed by atoms with Gasteiger partial charge >= 0.3 is 26.2 Å². The molecule has 4 rings (SSSR count). The first kappa shape index (κ1) is 35.3. The van der Waals surface area contributed by atoms with Crippen molar-refractivity contribution in [3.8, 4) is 0 Å². The highest BCUT2D eigenvalue weighted by Gasteiger charge is 2.55. The van der Waals surface area contributed by atoms with E-state index in [-0.39, 0.29) is 12.6 Å². The van der Waals surface area contributed by atoms with Crippen LogP contribution in [0.4, 0.5) is 0 Å². The minimum atomic E-state index is -1.02. The van der Waals surface area contributed by atoms with Crippen molar-refractivity contribution in [1.29, 1.82) is 0 Å². The van der Waals surface area contributed by atoms with Crippen molar-refractivity contribution in [1.82, 2.24) is 20.0 Å². The smallest absolute Gasteiger partial charge is 0.468 e. The highest BCUT2D eigenvalue weighted by Crippen LogP contribution is 2.40. The lowest BCUT2D eigenvalue weighted by Crippen LogP contribution is -2.46. The molecule has 15 heteroatoms. The first-order chi connectivity index (χ1) is 19.6. The molecule has 2 aliphatic heterocycles. The summed E-state index contributed by atoms with van der Waals surface area (Å²) in [6, 6.07) is 0. The molecule has 0 amide bonds. The maximum Gasteiger partial charge on any atom is 0.498 e. The number of ether oxygens (including phenoxy) is 2. The molecule has 2 saturated heterocycles. The fourth-order valence-electron chi connectivity index (χ4n) is 4.27. The Morgan fingerprint density at radius 2 is 1.47 bits per heavy atom. The number of hydrogen-bond acceptors (Lipinski definition) is 10. The minimum absolute atomic E-state index is 0.176. The van der Waals surface area contributed by atoms with E-state index >= 15 is 0 Å². The summed E-state index contributed by atoms with van der Waals surface area (Å²) in [6.45, 7) is 21.1. The van der Waals surface area contributed by atoms with Crippen LogP contribution in [-0.4, -0.2) is 86.6 Å². The van der Waals surface area contributed by atoms with Gasteiger partial charge in [0.15, 0.2) is 5.54 Å². The molecule has 1 N–H and O–H groups in total. The number of aromatic amines is 1. The zero-order chi connectivity index (χ0) is 32.6. The number of aromatic nitrogens is 4. The average molecular weight is 667 g/mol. The molecule has 4 heterocycles. The number of nitrogens with zero attached hydrogens (tertiary/aromatic N) is 3. The van der Waals surface area contributed by atoms with Crippen molar-refractivity contribution in [3.05, 3.63) is 24.8 Å². The zero-order valence-corrected chi connectivity index (χ0v) is 28.9. The number of esters is 2. The molecule has 2 aromatic rings. The number of carbonyl (C=O) groups is 2. The lowest BCUT2D eigenvalue weighted by molar-refractivity contribution is -0.155. The number of carbonyl (C=O) groups excluding carboxylic acids is 2. The molecule has 1 unspecified atom stereocenters. The van der Waals surface area contributed by atoms with Crippen LogP contribution in [0, 0.1) is 0 Å². The molecule has 2 aliphatic rings. The molecule has 1 atom stereocenters. The number of rotatable bonds is 8. The summed E-state index contributed by atoms with van der Waals surface area (Å²) >= 11 is 3.13. The van der Waals surface area contributed by atoms with E-state index in [4.69, 9.17) is 23.4 Å². The van der Waals surface area contributed by atoms with Crippen LogP contribution in [0.1, 0.15) is 82.6 Å². The molecule has 12 nitrogen and oxygen atoms in total. The molecule has 0 aliphatic carbocycles. The summed E-state index contributed by atoms with van der Waals surface area (Å²) < 4.78 is 35.7. The molecule has 0 aromatic carbocycles. The van der Waals surface area contributed by atoms with Gasteiger partial charge in [0.25, 0.3) is 0 Å². The van der Waals surface area contributed by atoms with Crippen LogP contribution in [0.3, 0.4) is 0 Å². The Labute approximate surface area is 263 Å². The minimum Gasteiger partial charge on any atom is -0.468 e. The van der Waals surface area contributed by atoms with Crippen molar-refractivity contribution in [3.63, 3.8) is 0 Å². The second-order valence-corrected chi connectivity index (χ2v) is 15.5. The SMILES string of the molecule is CC(C)(C(=O)OCCC1(C)OB(c2cn[nH]c2)OC1(C)C)n1cc(B2OC(C)(C)C(C)(C)O2)cn1.COC(=O)C(C)(C)Br. The molecular weight excluding hydrogens is 622 g/mol. The van der Waals surface area contributed by atoms with Gasteiger partial charge in [0.2, 0.25) is 0 Å². The van der Waals surface area contributed by atoms with Crippen LogP contribution in [-0.2, 0) is 43.2 Å². The van der Waals surface area contributed by atoms with Gasteiger partial charge in [-0.15, -0.1) is 0 Å². The van der Waals surface area contributed by atoms with Gasteiger partial charge in [-0.2, -0.15) is 10.2 Å². The highest BCUT2D eigenvalue weighted by molar-refractivity contribution is 9.10. The summed E-state index contributed by atoms with van der Waals surface area (Å²) in [6.07, 6.45) is 7.33. The monoisotopic (exact) mass is 666 g/mol. The molecular formula is C28H45B2BrN4O8. The van der Waals surface area contributed by atoms with Crippen LogP contribution in [0.15, 0.2) is 24.8 Å². The Morgan fingerprint density at radius 3 is 1.95 bits per heavy atom. The van der Waals surface area contributed by atoms with Gasteiger partial charge in [-0.3, -0.25) is 14.6 Å². The molecule has 0 bridgehead atoms. The first-order valence-corrected chi connectivity index (χ1v) is 15.1. The number of alkyl halides is 1. The summed E-state index contributed by atoms with van der Waals surface area (Å²) in [5, 5.41) is 11.2. The molecule has 0 radical (unpaired) electrons. The normalized spacial score (nSPS) is 22.6. The lowest BCUT2D eigenvalue weighted by atomic mass is 9.82. The van der Waals surface area contributed by atoms with E-state index in [0.29, 0.717) is 6.42 Å². The van der Waals surface area contributed by atoms with E-state index in [1.807, 2.05) is 48.5 Å². The maximum absolute atomic E-state index is 13.1. The van der Waals surface area contributed by atoms with E-state index in [1.54, 1.807) is 57.2 Å². The summed E-state index contributed by atoms with van der Waals surface area (Å²) in [4.78, 5) is 23.6. The van der Waals surface area contributed by atoms with E-state index in [0.717, 1.165) is 10.9 Å². The van der Waals surface area contributed by atoms with E-state index in [9.17, 15) is 9.59 Å². The van der Waals surface area contributed by atoms with Crippen molar-refractivity contribution in [2.45, 2.75) is 115 Å². The van der Waals surface area contributed by atoms with Crippen LogP contribution in [0.25, 0.3) is 0 Å². The van der Waals surface area contributed by atoms with Crippen LogP contribution < -0.4 is 10.9 Å². The zero-order valence-electron chi connectivity index (χ0n) is 27.4. The van der Waals surface area contributed by atoms with E-state index < -0.39 is 52.5 Å². The molecule has 43 heavy (non-hydrogen) atoms. The molecule has 2 fully saturated rings. The van der Waals surface area contributed by atoms with Gasteiger partial charge in [-0.1, -0.05) is 15.9 Å². The summed E-state index contributed by atoms with van der Waals surface area (Å²) in [5.74, 6) is -0.648. The summed E-state index contributed by atoms with van der Waals surface area (Å²) in [7, 11) is 0.287. The van der Waals surface area contributed by atoms with Crippen molar-refractivity contribution in [2.24, 2.45) is 0 Å². The van der Waals surface area contributed by atoms with Crippen LogP contribution in [0.2, 0.25) is 0 Å². The fourth-order valence-corrected chi connectivity index (χ4v) is 4.44. The number of H-pyrrole nitrogens is 1. The van der Waals surface area contributed by atoms with E-state index in [2.05, 4.69) is 36.0 Å². The van der Waals surface area contributed by atoms with Gasteiger partial charge in [0.1, 0.15) is 4.32 Å². The standard InChI is InChI=1S/C23H36B2N4O6.C5H9BrO2/c1-19(2,29-15-17(14-28-29)25-32-20(3,4)21(5,6)33-25)18(30)31-11-10-23(9)22(7,8)34-24(35-23)16-12-26-27-13-16;1-5(2,6)4(7)8-3/h12-15H,10-11H2,1-9H3,(H,26,27);1-3H3. The molecule has 238 valence electrons. The van der Waals surface area contributed by atoms with Crippen molar-refractivity contribution >= 4 is 53.0 Å². The Hall–Kier alpha value is -2.19. The molecule has 2 aromatic heterocycles. The van der Waals surface area contributed by atoms with Crippen molar-refractivity contribution < 1.29 is 37.7 Å². The predicted molar refractivity (Wildman–Crippen MR) is 166 cm³/mol.